The molecule has 0 aliphatic rings. The number of rotatable bonds is 37. The van der Waals surface area contributed by atoms with Crippen LogP contribution in [0.4, 0.5) is 0 Å². The van der Waals surface area contributed by atoms with Crippen LogP contribution in [0.25, 0.3) is 0 Å². The van der Waals surface area contributed by atoms with Crippen LogP contribution in [0.2, 0.25) is 0 Å². The molecule has 0 aromatic carbocycles. The lowest BCUT2D eigenvalue weighted by molar-refractivity contribution is -0.161. The lowest BCUT2D eigenvalue weighted by Crippen LogP contribution is -2.30. The number of allylic oxidation sites excluding steroid dienone is 19. The first-order valence-corrected chi connectivity index (χ1v) is 22.7. The van der Waals surface area contributed by atoms with E-state index in [2.05, 4.69) is 98.9 Å². The van der Waals surface area contributed by atoms with Gasteiger partial charge in [-0.1, -0.05) is 135 Å². The van der Waals surface area contributed by atoms with Crippen molar-refractivity contribution in [3.63, 3.8) is 0 Å². The molecule has 0 aliphatic heterocycles. The number of carbonyl (C=O) groups is 2. The first-order chi connectivity index (χ1) is 28.6. The molecule has 0 heterocycles. The van der Waals surface area contributed by atoms with Crippen LogP contribution < -0.4 is 5.73 Å². The number of phosphoric acid groups is 1. The maximum atomic E-state index is 12.6. The van der Waals surface area contributed by atoms with Gasteiger partial charge in [-0.3, -0.25) is 18.6 Å². The molecule has 1 unspecified atom stereocenters. The maximum Gasteiger partial charge on any atom is 0.472 e. The molecule has 0 spiro atoms. The molecule has 0 amide bonds. The summed E-state index contributed by atoms with van der Waals surface area (Å²) in [4.78, 5) is 34.9. The van der Waals surface area contributed by atoms with Gasteiger partial charge in [-0.15, -0.1) is 0 Å². The van der Waals surface area contributed by atoms with Crippen LogP contribution in [0.15, 0.2) is 122 Å². The number of hydrogen-bond donors (Lipinski definition) is 4. The number of aliphatic hydroxyl groups excluding tert-OH is 2. The van der Waals surface area contributed by atoms with Crippen molar-refractivity contribution in [3.05, 3.63) is 122 Å². The molecule has 4 atom stereocenters. The van der Waals surface area contributed by atoms with E-state index in [0.29, 0.717) is 12.8 Å². The Morgan fingerprint density at radius 2 is 1.02 bits per heavy atom. The van der Waals surface area contributed by atoms with Gasteiger partial charge in [0.25, 0.3) is 0 Å². The molecule has 332 valence electrons. The summed E-state index contributed by atoms with van der Waals surface area (Å²) in [5.41, 5.74) is 5.32. The highest BCUT2D eigenvalue weighted by Gasteiger charge is 2.26. The summed E-state index contributed by atoms with van der Waals surface area (Å²) >= 11 is 0. The molecule has 11 nitrogen and oxygen atoms in total. The van der Waals surface area contributed by atoms with E-state index >= 15 is 0 Å². The molecule has 0 bridgehead atoms. The molecule has 12 heteroatoms. The van der Waals surface area contributed by atoms with Crippen molar-refractivity contribution in [3.8, 4) is 0 Å². The smallest absolute Gasteiger partial charge is 0.462 e. The van der Waals surface area contributed by atoms with Crippen LogP contribution in [0.3, 0.4) is 0 Å². The van der Waals surface area contributed by atoms with E-state index in [9.17, 15) is 29.3 Å². The van der Waals surface area contributed by atoms with Gasteiger partial charge in [0.2, 0.25) is 0 Å². The van der Waals surface area contributed by atoms with Gasteiger partial charge in [0.1, 0.15) is 6.61 Å². The molecular formula is C47H74NO10P. The van der Waals surface area contributed by atoms with E-state index in [1.807, 2.05) is 36.5 Å². The second-order valence-electron chi connectivity index (χ2n) is 13.4. The zero-order valence-corrected chi connectivity index (χ0v) is 36.5. The summed E-state index contributed by atoms with van der Waals surface area (Å²) in [6, 6.07) is 0. The Hall–Kier alpha value is -3.67. The molecule has 0 saturated heterocycles. The number of phosphoric ester groups is 1. The van der Waals surface area contributed by atoms with Gasteiger partial charge < -0.3 is 30.3 Å². The first kappa shape index (κ1) is 55.3. The zero-order valence-electron chi connectivity index (χ0n) is 35.6. The highest BCUT2D eigenvalue weighted by molar-refractivity contribution is 7.47. The normalized spacial score (nSPS) is 15.6. The number of aliphatic hydroxyl groups is 2. The van der Waals surface area contributed by atoms with Crippen LogP contribution in [-0.4, -0.2) is 71.7 Å². The molecule has 0 saturated carbocycles. The van der Waals surface area contributed by atoms with E-state index in [1.54, 1.807) is 0 Å². The van der Waals surface area contributed by atoms with Crippen LogP contribution >= 0.6 is 7.82 Å². The van der Waals surface area contributed by atoms with Gasteiger partial charge in [-0.2, -0.15) is 0 Å². The Balaban J connectivity index is 4.56. The highest BCUT2D eigenvalue weighted by atomic mass is 31.2. The summed E-state index contributed by atoms with van der Waals surface area (Å²) < 4.78 is 32.5. The van der Waals surface area contributed by atoms with E-state index in [4.69, 9.17) is 24.3 Å². The Labute approximate surface area is 355 Å². The fraction of sp³-hybridized carbons (Fsp3) is 0.532. The number of hydrogen-bond acceptors (Lipinski definition) is 10. The van der Waals surface area contributed by atoms with Crippen molar-refractivity contribution in [2.75, 3.05) is 26.4 Å². The van der Waals surface area contributed by atoms with Crippen molar-refractivity contribution in [2.45, 2.75) is 135 Å². The van der Waals surface area contributed by atoms with E-state index < -0.39 is 51.3 Å². The monoisotopic (exact) mass is 844 g/mol. The van der Waals surface area contributed by atoms with Gasteiger partial charge in [0.15, 0.2) is 6.10 Å². The van der Waals surface area contributed by atoms with Crippen LogP contribution in [0.1, 0.15) is 117 Å². The van der Waals surface area contributed by atoms with E-state index in [0.717, 1.165) is 57.8 Å². The molecule has 5 N–H and O–H groups in total. The standard InChI is InChI=1S/C47H74NO10P/c1-3-5-7-9-11-13-15-17-18-19-20-21-22-23-25-27-29-31-33-37-47(52)58-43(42-57-59(53,54)56-40-39-48)41-55-46(51)38-34-36-45(50)44(49)35-32-30-28-26-24-16-14-12-10-8-6-4-2/h5-8,11-14,17-18,20-21,23-26,29-32,43-45,49-50H,3-4,9-10,15-16,19,22,27-28,33-42,48H2,1-2H3,(H,53,54)/b7-5-,8-6-,13-11-,14-12-,18-17-,21-20-,25-23-,26-24-,31-29-,32-30-/t43-,44+,45+/m1/s1. The zero-order chi connectivity index (χ0) is 43.5. The number of nitrogens with two attached hydrogens (primary N) is 1. The predicted molar refractivity (Wildman–Crippen MR) is 240 cm³/mol. The minimum absolute atomic E-state index is 0.00526. The second kappa shape index (κ2) is 41.1. The van der Waals surface area contributed by atoms with Crippen molar-refractivity contribution in [2.24, 2.45) is 5.73 Å². The summed E-state index contributed by atoms with van der Waals surface area (Å²) in [6.07, 6.45) is 48.5. The molecule has 0 aromatic heterocycles. The third kappa shape index (κ3) is 39.6. The first-order valence-electron chi connectivity index (χ1n) is 21.2. The summed E-state index contributed by atoms with van der Waals surface area (Å²) in [6.45, 7) is 3.04. The molecule has 0 aromatic rings. The third-order valence-electron chi connectivity index (χ3n) is 8.06. The Morgan fingerprint density at radius 3 is 1.47 bits per heavy atom. The summed E-state index contributed by atoms with van der Waals surface area (Å²) in [5, 5.41) is 20.6. The van der Waals surface area contributed by atoms with Crippen molar-refractivity contribution < 1.29 is 47.8 Å². The average Bonchev–Trinajstić information content (AvgIpc) is 3.22. The minimum Gasteiger partial charge on any atom is -0.462 e. The van der Waals surface area contributed by atoms with Gasteiger partial charge in [-0.05, 0) is 89.9 Å². The van der Waals surface area contributed by atoms with Crippen molar-refractivity contribution >= 4 is 19.8 Å². The van der Waals surface area contributed by atoms with Crippen molar-refractivity contribution in [1.29, 1.82) is 0 Å². The highest BCUT2D eigenvalue weighted by Crippen LogP contribution is 2.43. The Bertz CT molecular complexity index is 1410. The number of esters is 2. The number of carbonyl (C=O) groups excluding carboxylic acids is 2. The third-order valence-corrected chi connectivity index (χ3v) is 9.04. The molecule has 0 radical (unpaired) electrons. The van der Waals surface area contributed by atoms with Crippen molar-refractivity contribution in [1.82, 2.24) is 0 Å². The quantitative estimate of drug-likeness (QED) is 0.0266. The van der Waals surface area contributed by atoms with Gasteiger partial charge in [0.05, 0.1) is 25.4 Å². The predicted octanol–water partition coefficient (Wildman–Crippen LogP) is 10.1. The molecule has 0 rings (SSSR count). The molecule has 0 aliphatic carbocycles. The largest absolute Gasteiger partial charge is 0.472 e. The van der Waals surface area contributed by atoms with E-state index in [-0.39, 0.29) is 45.3 Å². The van der Waals surface area contributed by atoms with Gasteiger partial charge >= 0.3 is 19.8 Å². The van der Waals surface area contributed by atoms with Gasteiger partial charge in [-0.25, -0.2) is 4.57 Å². The lowest BCUT2D eigenvalue weighted by Gasteiger charge is -2.20. The fourth-order valence-electron chi connectivity index (χ4n) is 4.86. The number of ether oxygens (including phenoxy) is 2. The van der Waals surface area contributed by atoms with Crippen LogP contribution in [0.5, 0.6) is 0 Å². The SMILES string of the molecule is CC/C=C\C/C=C\C/C=C\C/C=C\C/C=C\C/C=C\CCC(=O)O[C@H](COC(=O)CCC[C@H](O)[C@@H](O)C/C=C\C/C=C\C/C=C\C/C=C\CC)COP(=O)(O)OCCN. The lowest BCUT2D eigenvalue weighted by atomic mass is 10.0. The fourth-order valence-corrected chi connectivity index (χ4v) is 5.63. The van der Waals surface area contributed by atoms with Crippen LogP contribution in [0, 0.1) is 0 Å². The second-order valence-corrected chi connectivity index (χ2v) is 14.9. The average molecular weight is 844 g/mol. The topological polar surface area (TPSA) is 175 Å². The Kier molecular flexibility index (Phi) is 38.5. The minimum atomic E-state index is -4.48. The molecular weight excluding hydrogens is 769 g/mol. The van der Waals surface area contributed by atoms with Gasteiger partial charge in [0, 0.05) is 19.4 Å². The summed E-state index contributed by atoms with van der Waals surface area (Å²) in [7, 11) is -4.48. The van der Waals surface area contributed by atoms with Crippen LogP contribution in [-0.2, 0) is 32.7 Å². The molecule has 59 heavy (non-hydrogen) atoms. The summed E-state index contributed by atoms with van der Waals surface area (Å²) in [5.74, 6) is -1.23. The maximum absolute atomic E-state index is 12.6. The Morgan fingerprint density at radius 1 is 0.576 bits per heavy atom. The molecule has 0 fully saturated rings. The van der Waals surface area contributed by atoms with E-state index in [1.165, 1.54) is 0 Å².